The van der Waals surface area contributed by atoms with Gasteiger partial charge in [-0.05, 0) is 56.9 Å². The summed E-state index contributed by atoms with van der Waals surface area (Å²) in [5.41, 5.74) is 2.91. The third-order valence-corrected chi connectivity index (χ3v) is 6.82. The number of rotatable bonds is 11. The first-order valence-corrected chi connectivity index (χ1v) is 13.6. The smallest absolute Gasteiger partial charge is 0.317 e. The largest absolute Gasteiger partial charge is 0.354 e. The van der Waals surface area contributed by atoms with Crippen LogP contribution in [-0.4, -0.2) is 70.9 Å². The van der Waals surface area contributed by atoms with E-state index in [9.17, 15) is 9.18 Å². The van der Waals surface area contributed by atoms with Gasteiger partial charge in [-0.25, -0.2) is 13.9 Å². The highest BCUT2D eigenvalue weighted by Gasteiger charge is 2.29. The minimum Gasteiger partial charge on any atom is -0.354 e. The maximum atomic E-state index is 13.7. The molecule has 2 amide bonds. The second-order valence-corrected chi connectivity index (χ2v) is 10.5. The van der Waals surface area contributed by atoms with Crippen LogP contribution in [0.4, 0.5) is 15.0 Å². The van der Waals surface area contributed by atoms with Crippen molar-refractivity contribution in [2.75, 3.05) is 44.2 Å². The molecule has 3 rings (SSSR count). The van der Waals surface area contributed by atoms with Crippen molar-refractivity contribution in [3.8, 4) is 5.69 Å². The van der Waals surface area contributed by atoms with Gasteiger partial charge >= 0.3 is 6.03 Å². The first-order chi connectivity index (χ1) is 17.2. The van der Waals surface area contributed by atoms with Crippen molar-refractivity contribution >= 4 is 11.8 Å². The zero-order valence-corrected chi connectivity index (χ0v) is 23.1. The van der Waals surface area contributed by atoms with Crippen LogP contribution in [0, 0.1) is 11.7 Å². The maximum absolute atomic E-state index is 13.7. The van der Waals surface area contributed by atoms with Crippen LogP contribution in [0.25, 0.3) is 5.69 Å². The minimum absolute atomic E-state index is 0.0238. The number of carbonyl (C=O) groups excluding carboxylic acids is 1. The normalized spacial score (nSPS) is 14.6. The SMILES string of the molecule is CCCCNC(=O)N(Cc1c(CC)nn(-c2ccc(F)cc2)c1N1CCN(C(C)C)CC1)CC(C)C. The van der Waals surface area contributed by atoms with Crippen molar-refractivity contribution in [2.24, 2.45) is 5.92 Å². The second kappa shape index (κ2) is 13.1. The highest BCUT2D eigenvalue weighted by molar-refractivity contribution is 5.74. The molecule has 1 aliphatic rings. The number of unbranched alkanes of at least 4 members (excludes halogenated alkanes) is 1. The number of amides is 2. The Morgan fingerprint density at radius 1 is 1.08 bits per heavy atom. The molecule has 0 aliphatic carbocycles. The van der Waals surface area contributed by atoms with Crippen LogP contribution >= 0.6 is 0 Å². The van der Waals surface area contributed by atoms with Gasteiger partial charge in [-0.3, -0.25) is 4.90 Å². The van der Waals surface area contributed by atoms with Crippen molar-refractivity contribution in [2.45, 2.75) is 73.4 Å². The molecule has 0 atom stereocenters. The molecule has 1 aliphatic heterocycles. The molecule has 0 spiro atoms. The van der Waals surface area contributed by atoms with E-state index >= 15 is 0 Å². The number of aryl methyl sites for hydroxylation is 1. The summed E-state index contributed by atoms with van der Waals surface area (Å²) in [6.07, 6.45) is 2.77. The topological polar surface area (TPSA) is 56.6 Å². The van der Waals surface area contributed by atoms with Gasteiger partial charge in [-0.15, -0.1) is 0 Å². The van der Waals surface area contributed by atoms with E-state index in [0.717, 1.165) is 68.2 Å². The lowest BCUT2D eigenvalue weighted by molar-refractivity contribution is 0.187. The number of benzene rings is 1. The monoisotopic (exact) mass is 500 g/mol. The zero-order chi connectivity index (χ0) is 26.2. The van der Waals surface area contributed by atoms with Crippen LogP contribution < -0.4 is 10.2 Å². The highest BCUT2D eigenvalue weighted by atomic mass is 19.1. The Hall–Kier alpha value is -2.61. The van der Waals surface area contributed by atoms with E-state index in [1.165, 1.54) is 12.1 Å². The van der Waals surface area contributed by atoms with Gasteiger partial charge in [0, 0.05) is 50.9 Å². The van der Waals surface area contributed by atoms with Crippen molar-refractivity contribution in [1.82, 2.24) is 24.9 Å². The molecule has 36 heavy (non-hydrogen) atoms. The zero-order valence-electron chi connectivity index (χ0n) is 23.1. The van der Waals surface area contributed by atoms with E-state index < -0.39 is 0 Å². The van der Waals surface area contributed by atoms with E-state index in [-0.39, 0.29) is 11.8 Å². The molecule has 8 heteroatoms. The summed E-state index contributed by atoms with van der Waals surface area (Å²) in [6.45, 7) is 18.5. The fraction of sp³-hybridized carbons (Fsp3) is 0.643. The van der Waals surface area contributed by atoms with Gasteiger partial charge in [-0.1, -0.05) is 34.1 Å². The van der Waals surface area contributed by atoms with Crippen LogP contribution in [0.5, 0.6) is 0 Å². The molecule has 200 valence electrons. The van der Waals surface area contributed by atoms with Crippen molar-refractivity contribution in [3.63, 3.8) is 0 Å². The molecular weight excluding hydrogens is 455 g/mol. The summed E-state index contributed by atoms with van der Waals surface area (Å²) >= 11 is 0. The second-order valence-electron chi connectivity index (χ2n) is 10.5. The highest BCUT2D eigenvalue weighted by Crippen LogP contribution is 2.31. The van der Waals surface area contributed by atoms with Crippen molar-refractivity contribution in [3.05, 3.63) is 41.3 Å². The number of hydrogen-bond donors (Lipinski definition) is 1. The van der Waals surface area contributed by atoms with E-state index in [2.05, 4.69) is 56.7 Å². The van der Waals surface area contributed by atoms with Gasteiger partial charge in [0.15, 0.2) is 0 Å². The number of nitrogens with one attached hydrogen (secondary N) is 1. The number of piperazine rings is 1. The third-order valence-electron chi connectivity index (χ3n) is 6.82. The molecule has 0 bridgehead atoms. The average Bonchev–Trinajstić information content (AvgIpc) is 3.22. The van der Waals surface area contributed by atoms with E-state index in [1.54, 1.807) is 12.1 Å². The summed E-state index contributed by atoms with van der Waals surface area (Å²) in [6, 6.07) is 7.01. The number of urea groups is 1. The molecule has 1 aromatic heterocycles. The molecule has 1 saturated heterocycles. The molecule has 2 aromatic rings. The molecule has 0 saturated carbocycles. The van der Waals surface area contributed by atoms with Crippen LogP contribution in [0.15, 0.2) is 24.3 Å². The molecule has 0 unspecified atom stereocenters. The standard InChI is InChI=1S/C28H45FN6O/c1-7-9-14-30-28(36)34(19-21(3)4)20-25-26(8-2)31-35(24-12-10-23(29)11-13-24)27(25)33-17-15-32(16-18-33)22(5)6/h10-13,21-22H,7-9,14-20H2,1-6H3,(H,30,36). The predicted octanol–water partition coefficient (Wildman–Crippen LogP) is 5.07. The van der Waals surface area contributed by atoms with Gasteiger partial charge in [0.2, 0.25) is 0 Å². The van der Waals surface area contributed by atoms with Crippen LogP contribution in [0.3, 0.4) is 0 Å². The number of aromatic nitrogens is 2. The van der Waals surface area contributed by atoms with Crippen LogP contribution in [0.2, 0.25) is 0 Å². The Bertz CT molecular complexity index is 963. The first-order valence-electron chi connectivity index (χ1n) is 13.6. The summed E-state index contributed by atoms with van der Waals surface area (Å²) in [5, 5.41) is 8.11. The first kappa shape index (κ1) is 28.0. The lowest BCUT2D eigenvalue weighted by Gasteiger charge is -2.38. The van der Waals surface area contributed by atoms with Gasteiger partial charge in [0.25, 0.3) is 0 Å². The van der Waals surface area contributed by atoms with Crippen molar-refractivity contribution < 1.29 is 9.18 Å². The Balaban J connectivity index is 2.02. The maximum Gasteiger partial charge on any atom is 0.317 e. The Morgan fingerprint density at radius 2 is 1.75 bits per heavy atom. The summed E-state index contributed by atoms with van der Waals surface area (Å²) in [5.74, 6) is 1.11. The molecule has 1 aromatic carbocycles. The Morgan fingerprint density at radius 3 is 2.31 bits per heavy atom. The van der Waals surface area contributed by atoms with E-state index in [0.29, 0.717) is 31.6 Å². The number of carbonyl (C=O) groups is 1. The summed E-state index contributed by atoms with van der Waals surface area (Å²) in [7, 11) is 0. The van der Waals surface area contributed by atoms with E-state index in [4.69, 9.17) is 5.10 Å². The van der Waals surface area contributed by atoms with E-state index in [1.807, 2.05) is 9.58 Å². The lowest BCUT2D eigenvalue weighted by Crippen LogP contribution is -2.49. The van der Waals surface area contributed by atoms with Crippen LogP contribution in [0.1, 0.15) is 65.6 Å². The minimum atomic E-state index is -0.263. The molecule has 2 heterocycles. The molecule has 1 fully saturated rings. The molecule has 1 N–H and O–H groups in total. The van der Waals surface area contributed by atoms with Gasteiger partial charge in [0.05, 0.1) is 17.9 Å². The predicted molar refractivity (Wildman–Crippen MR) is 145 cm³/mol. The molecule has 7 nitrogen and oxygen atoms in total. The molecular formula is C28H45FN6O. The summed E-state index contributed by atoms with van der Waals surface area (Å²) in [4.78, 5) is 20.0. The average molecular weight is 501 g/mol. The quantitative estimate of drug-likeness (QED) is 0.438. The Kier molecular flexibility index (Phi) is 10.2. The number of halogens is 1. The lowest BCUT2D eigenvalue weighted by atomic mass is 10.1. The third kappa shape index (κ3) is 6.99. The number of hydrogen-bond acceptors (Lipinski definition) is 4. The fourth-order valence-electron chi connectivity index (χ4n) is 4.80. The number of nitrogens with zero attached hydrogens (tertiary/aromatic N) is 5. The fourth-order valence-corrected chi connectivity index (χ4v) is 4.80. The van der Waals surface area contributed by atoms with Crippen LogP contribution in [-0.2, 0) is 13.0 Å². The van der Waals surface area contributed by atoms with Gasteiger partial charge in [-0.2, -0.15) is 5.10 Å². The number of anilines is 1. The summed E-state index contributed by atoms with van der Waals surface area (Å²) < 4.78 is 15.7. The van der Waals surface area contributed by atoms with Crippen molar-refractivity contribution in [1.29, 1.82) is 0 Å². The van der Waals surface area contributed by atoms with Gasteiger partial charge < -0.3 is 15.1 Å². The van der Waals surface area contributed by atoms with Gasteiger partial charge in [0.1, 0.15) is 11.6 Å². The molecule has 0 radical (unpaired) electrons. The Labute approximate surface area is 216 Å².